The number of carbonyl (C=O) groups excluding carboxylic acids is 1. The van der Waals surface area contributed by atoms with E-state index < -0.39 is 0 Å². The molecule has 0 N–H and O–H groups in total. The van der Waals surface area contributed by atoms with E-state index in [0.29, 0.717) is 24.2 Å². The summed E-state index contributed by atoms with van der Waals surface area (Å²) in [4.78, 5) is 22.8. The van der Waals surface area contributed by atoms with E-state index in [4.69, 9.17) is 4.42 Å². The normalized spacial score (nSPS) is 12.4. The van der Waals surface area contributed by atoms with Crippen LogP contribution >= 0.6 is 23.1 Å². The van der Waals surface area contributed by atoms with Crippen LogP contribution in [0, 0.1) is 0 Å². The monoisotopic (exact) mass is 415 g/mol. The van der Waals surface area contributed by atoms with Gasteiger partial charge in [-0.1, -0.05) is 23.9 Å². The number of amides is 1. The fourth-order valence-electron chi connectivity index (χ4n) is 2.58. The Morgan fingerprint density at radius 1 is 1.36 bits per heavy atom. The minimum Gasteiger partial charge on any atom is -0.414 e. The topological polar surface area (TPSA) is 103 Å². The summed E-state index contributed by atoms with van der Waals surface area (Å²) >= 11 is 2.83. The molecule has 144 valence electrons. The highest BCUT2D eigenvalue weighted by Gasteiger charge is 2.22. The van der Waals surface area contributed by atoms with Crippen molar-refractivity contribution < 1.29 is 9.21 Å². The number of nitrogens with zero attached hydrogens (tertiary/aromatic N) is 7. The molecule has 28 heavy (non-hydrogen) atoms. The van der Waals surface area contributed by atoms with Crippen molar-refractivity contribution in [3.05, 3.63) is 47.8 Å². The molecule has 0 spiro atoms. The maximum absolute atomic E-state index is 12.7. The van der Waals surface area contributed by atoms with Crippen LogP contribution in [0.25, 0.3) is 10.2 Å². The number of thiazole rings is 1. The highest BCUT2D eigenvalue weighted by atomic mass is 32.2. The SMILES string of the molecule is CC(Sc1nnc(Cn2cncn2)o1)C(=O)N(C)Cc1nc2ccccc2s1. The summed E-state index contributed by atoms with van der Waals surface area (Å²) in [6.07, 6.45) is 3.01. The molecule has 1 aromatic carbocycles. The fourth-order valence-corrected chi connectivity index (χ4v) is 4.42. The number of rotatable bonds is 7. The summed E-state index contributed by atoms with van der Waals surface area (Å²) in [7, 11) is 1.77. The van der Waals surface area contributed by atoms with Crippen molar-refractivity contribution in [1.82, 2.24) is 34.8 Å². The molecule has 0 aliphatic carbocycles. The summed E-state index contributed by atoms with van der Waals surface area (Å²) in [5, 5.41) is 12.9. The molecule has 0 radical (unpaired) electrons. The van der Waals surface area contributed by atoms with Crippen LogP contribution in [0.1, 0.15) is 17.8 Å². The summed E-state index contributed by atoms with van der Waals surface area (Å²) in [6.45, 7) is 2.63. The van der Waals surface area contributed by atoms with Crippen molar-refractivity contribution in [3.63, 3.8) is 0 Å². The molecule has 0 aliphatic rings. The zero-order valence-corrected chi connectivity index (χ0v) is 16.9. The lowest BCUT2D eigenvalue weighted by Gasteiger charge is -2.18. The Labute approximate surface area is 168 Å². The van der Waals surface area contributed by atoms with Crippen LogP contribution < -0.4 is 0 Å². The molecule has 1 amide bonds. The van der Waals surface area contributed by atoms with Crippen molar-refractivity contribution in [1.29, 1.82) is 0 Å². The van der Waals surface area contributed by atoms with Crippen molar-refractivity contribution >= 4 is 39.2 Å². The maximum atomic E-state index is 12.7. The molecule has 3 heterocycles. The van der Waals surface area contributed by atoms with E-state index in [-0.39, 0.29) is 11.2 Å². The van der Waals surface area contributed by atoms with Gasteiger partial charge >= 0.3 is 0 Å². The predicted octanol–water partition coefficient (Wildman–Crippen LogP) is 2.46. The van der Waals surface area contributed by atoms with Crippen LogP contribution in [0.2, 0.25) is 0 Å². The average molecular weight is 416 g/mol. The minimum atomic E-state index is -0.362. The van der Waals surface area contributed by atoms with Gasteiger partial charge in [0.05, 0.1) is 22.0 Å². The first-order valence-corrected chi connectivity index (χ1v) is 10.2. The highest BCUT2D eigenvalue weighted by Crippen LogP contribution is 2.25. The molecule has 4 rings (SSSR count). The molecule has 0 saturated carbocycles. The Hall–Kier alpha value is -2.79. The lowest BCUT2D eigenvalue weighted by molar-refractivity contribution is -0.129. The molecule has 1 unspecified atom stereocenters. The molecular weight excluding hydrogens is 398 g/mol. The standard InChI is InChI=1S/C17H17N7O2S2/c1-11(27-17-22-21-14(26-17)7-24-10-18-9-19-24)16(25)23(2)8-15-20-12-5-3-4-6-13(12)28-15/h3-6,9-11H,7-8H2,1-2H3. The van der Waals surface area contributed by atoms with Gasteiger partial charge in [0.15, 0.2) is 0 Å². The first-order valence-electron chi connectivity index (χ1n) is 8.49. The van der Waals surface area contributed by atoms with Gasteiger partial charge in [0.2, 0.25) is 11.8 Å². The Morgan fingerprint density at radius 3 is 3.00 bits per heavy atom. The molecule has 1 atom stereocenters. The summed E-state index contributed by atoms with van der Waals surface area (Å²) < 4.78 is 8.29. The average Bonchev–Trinajstić information content (AvgIpc) is 3.42. The maximum Gasteiger partial charge on any atom is 0.277 e. The van der Waals surface area contributed by atoms with Crippen molar-refractivity contribution in [2.45, 2.75) is 30.5 Å². The molecule has 11 heteroatoms. The molecule has 3 aromatic heterocycles. The fraction of sp³-hybridized carbons (Fsp3) is 0.294. The number of carbonyl (C=O) groups is 1. The van der Waals surface area contributed by atoms with E-state index in [0.717, 1.165) is 15.2 Å². The zero-order valence-electron chi connectivity index (χ0n) is 15.2. The number of hydrogen-bond donors (Lipinski definition) is 0. The van der Waals surface area contributed by atoms with Crippen LogP contribution in [0.5, 0.6) is 0 Å². The third-order valence-corrected chi connectivity index (χ3v) is 5.87. The highest BCUT2D eigenvalue weighted by molar-refractivity contribution is 8.00. The lowest BCUT2D eigenvalue weighted by atomic mass is 10.3. The summed E-state index contributed by atoms with van der Waals surface area (Å²) in [6, 6.07) is 7.95. The van der Waals surface area contributed by atoms with Gasteiger partial charge in [-0.05, 0) is 19.1 Å². The van der Waals surface area contributed by atoms with E-state index in [1.807, 2.05) is 31.2 Å². The molecule has 0 saturated heterocycles. The van der Waals surface area contributed by atoms with Gasteiger partial charge in [0.25, 0.3) is 5.22 Å². The first kappa shape index (κ1) is 18.6. The zero-order chi connectivity index (χ0) is 19.5. The van der Waals surface area contributed by atoms with E-state index in [2.05, 4.69) is 25.3 Å². The number of thioether (sulfide) groups is 1. The van der Waals surface area contributed by atoms with Gasteiger partial charge in [0.1, 0.15) is 24.2 Å². The van der Waals surface area contributed by atoms with Crippen LogP contribution in [-0.2, 0) is 17.9 Å². The van der Waals surface area contributed by atoms with Crippen molar-refractivity contribution in [3.8, 4) is 0 Å². The number of benzene rings is 1. The van der Waals surface area contributed by atoms with Gasteiger partial charge in [-0.15, -0.1) is 21.5 Å². The summed E-state index contributed by atoms with van der Waals surface area (Å²) in [5.41, 5.74) is 0.955. The van der Waals surface area contributed by atoms with Gasteiger partial charge in [0, 0.05) is 7.05 Å². The van der Waals surface area contributed by atoms with Crippen LogP contribution in [0.3, 0.4) is 0 Å². The Morgan fingerprint density at radius 2 is 2.21 bits per heavy atom. The second kappa shape index (κ2) is 8.07. The third kappa shape index (κ3) is 4.20. The van der Waals surface area contributed by atoms with E-state index in [1.165, 1.54) is 18.1 Å². The largest absolute Gasteiger partial charge is 0.414 e. The van der Waals surface area contributed by atoms with Crippen LogP contribution in [0.4, 0.5) is 0 Å². The van der Waals surface area contributed by atoms with Gasteiger partial charge in [-0.25, -0.2) is 14.6 Å². The van der Waals surface area contributed by atoms with E-state index in [9.17, 15) is 4.79 Å². The van der Waals surface area contributed by atoms with Crippen molar-refractivity contribution in [2.75, 3.05) is 7.05 Å². The Kier molecular flexibility index (Phi) is 5.35. The number of para-hydroxylation sites is 1. The number of hydrogen-bond acceptors (Lipinski definition) is 9. The second-order valence-electron chi connectivity index (χ2n) is 6.08. The Bertz CT molecular complexity index is 1040. The molecule has 0 bridgehead atoms. The van der Waals surface area contributed by atoms with Gasteiger partial charge in [-0.3, -0.25) is 4.79 Å². The molecule has 4 aromatic rings. The number of fused-ring (bicyclic) bond motifs is 1. The number of aromatic nitrogens is 6. The van der Waals surface area contributed by atoms with Crippen molar-refractivity contribution in [2.24, 2.45) is 0 Å². The first-order chi connectivity index (χ1) is 13.6. The Balaban J connectivity index is 1.35. The minimum absolute atomic E-state index is 0.0275. The van der Waals surface area contributed by atoms with Gasteiger partial charge < -0.3 is 9.32 Å². The molecular formula is C17H17N7O2S2. The molecule has 0 fully saturated rings. The van der Waals surface area contributed by atoms with E-state index >= 15 is 0 Å². The molecule has 9 nitrogen and oxygen atoms in total. The lowest BCUT2D eigenvalue weighted by Crippen LogP contribution is -2.32. The third-order valence-electron chi connectivity index (χ3n) is 3.92. The smallest absolute Gasteiger partial charge is 0.277 e. The van der Waals surface area contributed by atoms with Gasteiger partial charge in [-0.2, -0.15) is 5.10 Å². The van der Waals surface area contributed by atoms with Crippen LogP contribution in [0.15, 0.2) is 46.6 Å². The summed E-state index contributed by atoms with van der Waals surface area (Å²) in [5.74, 6) is 0.385. The van der Waals surface area contributed by atoms with Crippen LogP contribution in [-0.4, -0.2) is 53.1 Å². The predicted molar refractivity (Wildman–Crippen MR) is 105 cm³/mol. The quantitative estimate of drug-likeness (QED) is 0.424. The van der Waals surface area contributed by atoms with E-state index in [1.54, 1.807) is 34.3 Å². The molecule has 0 aliphatic heterocycles. The second-order valence-corrected chi connectivity index (χ2v) is 8.49.